The van der Waals surface area contributed by atoms with Crippen molar-refractivity contribution in [3.05, 3.63) is 23.8 Å². The summed E-state index contributed by atoms with van der Waals surface area (Å²) in [5.74, 6) is 0.389. The molecule has 0 saturated carbocycles. The molecular weight excluding hydrogens is 208 g/mol. The van der Waals surface area contributed by atoms with E-state index in [1.54, 1.807) is 12.1 Å². The molecule has 1 rings (SSSR count). The molecule has 1 aromatic rings. The molecule has 0 atom stereocenters. The smallest absolute Gasteiger partial charge is 0.221 e. The van der Waals surface area contributed by atoms with Gasteiger partial charge in [-0.25, -0.2) is 0 Å². The summed E-state index contributed by atoms with van der Waals surface area (Å²) in [4.78, 5) is 11.2. The molecule has 0 heterocycles. The van der Waals surface area contributed by atoms with Gasteiger partial charge in [-0.2, -0.15) is 0 Å². The van der Waals surface area contributed by atoms with E-state index in [1.165, 1.54) is 13.2 Å². The Morgan fingerprint density at radius 1 is 1.56 bits per heavy atom. The van der Waals surface area contributed by atoms with E-state index in [0.717, 1.165) is 5.56 Å². The lowest BCUT2D eigenvalue weighted by atomic mass is 10.2. The van der Waals surface area contributed by atoms with Crippen molar-refractivity contribution in [2.24, 2.45) is 5.73 Å². The summed E-state index contributed by atoms with van der Waals surface area (Å²) in [7, 11) is 1.48. The molecule has 0 spiro atoms. The Kier molecular flexibility index (Phi) is 4.60. The summed E-state index contributed by atoms with van der Waals surface area (Å²) < 4.78 is 4.96. The zero-order chi connectivity index (χ0) is 12.0. The van der Waals surface area contributed by atoms with Crippen LogP contribution in [0.5, 0.6) is 11.5 Å². The lowest BCUT2D eigenvalue weighted by Crippen LogP contribution is -2.24. The van der Waals surface area contributed by atoms with Crippen LogP contribution in [0.4, 0.5) is 0 Å². The number of hydrogen-bond acceptors (Lipinski definition) is 4. The van der Waals surface area contributed by atoms with Crippen LogP contribution in [-0.2, 0) is 11.3 Å². The predicted molar refractivity (Wildman–Crippen MR) is 60.2 cm³/mol. The van der Waals surface area contributed by atoms with Gasteiger partial charge in [-0.3, -0.25) is 4.79 Å². The number of rotatable bonds is 5. The third-order valence-electron chi connectivity index (χ3n) is 2.11. The average Bonchev–Trinajstić information content (AvgIpc) is 2.28. The Morgan fingerprint density at radius 3 is 2.94 bits per heavy atom. The summed E-state index contributed by atoms with van der Waals surface area (Å²) in [6, 6.07) is 4.93. The van der Waals surface area contributed by atoms with Crippen LogP contribution in [0.3, 0.4) is 0 Å². The van der Waals surface area contributed by atoms with E-state index >= 15 is 0 Å². The van der Waals surface area contributed by atoms with Gasteiger partial charge in [0.1, 0.15) is 0 Å². The molecule has 16 heavy (non-hydrogen) atoms. The lowest BCUT2D eigenvalue weighted by Gasteiger charge is -2.07. The number of amides is 1. The van der Waals surface area contributed by atoms with Crippen LogP contribution in [0.15, 0.2) is 18.2 Å². The number of ether oxygens (including phenoxy) is 1. The van der Waals surface area contributed by atoms with Crippen LogP contribution in [-0.4, -0.2) is 24.7 Å². The minimum absolute atomic E-state index is 0.0829. The number of nitrogens with two attached hydrogens (primary N) is 1. The molecule has 1 amide bonds. The van der Waals surface area contributed by atoms with Gasteiger partial charge in [-0.15, -0.1) is 0 Å². The molecule has 0 unspecified atom stereocenters. The number of nitrogens with one attached hydrogen (secondary N) is 1. The Labute approximate surface area is 94.2 Å². The van der Waals surface area contributed by atoms with Crippen LogP contribution in [0, 0.1) is 0 Å². The first kappa shape index (κ1) is 12.3. The number of benzene rings is 1. The molecule has 0 bridgehead atoms. The third kappa shape index (κ3) is 3.43. The van der Waals surface area contributed by atoms with Crippen LogP contribution >= 0.6 is 0 Å². The van der Waals surface area contributed by atoms with Gasteiger partial charge in [-0.1, -0.05) is 6.07 Å². The Balaban J connectivity index is 2.57. The van der Waals surface area contributed by atoms with Crippen LogP contribution in [0.25, 0.3) is 0 Å². The number of carbonyl (C=O) groups excluding carboxylic acids is 1. The van der Waals surface area contributed by atoms with E-state index in [-0.39, 0.29) is 11.7 Å². The molecule has 0 aliphatic heterocycles. The zero-order valence-electron chi connectivity index (χ0n) is 9.19. The number of carbonyl (C=O) groups is 1. The highest BCUT2D eigenvalue weighted by atomic mass is 16.5. The fraction of sp³-hybridized carbons (Fsp3) is 0.364. The molecule has 0 aliphatic rings. The number of phenolic OH excluding ortho intramolecular Hbond substituents is 1. The summed E-state index contributed by atoms with van der Waals surface area (Å²) in [6.07, 6.45) is 0.315. The van der Waals surface area contributed by atoms with Crippen molar-refractivity contribution in [3.8, 4) is 11.5 Å². The van der Waals surface area contributed by atoms with Gasteiger partial charge in [0, 0.05) is 19.5 Å². The summed E-state index contributed by atoms with van der Waals surface area (Å²) >= 11 is 0. The van der Waals surface area contributed by atoms with Gasteiger partial charge in [0.2, 0.25) is 5.91 Å². The highest BCUT2D eigenvalue weighted by Gasteiger charge is 2.04. The molecule has 5 nitrogen and oxygen atoms in total. The number of phenols is 1. The van der Waals surface area contributed by atoms with Crippen molar-refractivity contribution in [3.63, 3.8) is 0 Å². The highest BCUT2D eigenvalue weighted by Crippen LogP contribution is 2.25. The van der Waals surface area contributed by atoms with E-state index in [4.69, 9.17) is 10.5 Å². The largest absolute Gasteiger partial charge is 0.504 e. The van der Waals surface area contributed by atoms with Crippen molar-refractivity contribution in [1.29, 1.82) is 0 Å². The summed E-state index contributed by atoms with van der Waals surface area (Å²) in [5.41, 5.74) is 6.11. The van der Waals surface area contributed by atoms with Crippen LogP contribution < -0.4 is 15.8 Å². The molecule has 0 aromatic heterocycles. The van der Waals surface area contributed by atoms with Crippen molar-refractivity contribution in [1.82, 2.24) is 5.32 Å². The van der Waals surface area contributed by atoms with E-state index in [9.17, 15) is 9.90 Å². The first-order valence-corrected chi connectivity index (χ1v) is 5.00. The van der Waals surface area contributed by atoms with Gasteiger partial charge in [0.15, 0.2) is 11.5 Å². The standard InChI is InChI=1S/C11H16N2O3/c1-16-10-6-8(2-3-9(10)14)7-13-11(15)4-5-12/h2-3,6,14H,4-5,7,12H2,1H3,(H,13,15). The lowest BCUT2D eigenvalue weighted by molar-refractivity contribution is -0.121. The highest BCUT2D eigenvalue weighted by molar-refractivity contribution is 5.76. The Morgan fingerprint density at radius 2 is 2.31 bits per heavy atom. The molecule has 0 aliphatic carbocycles. The van der Waals surface area contributed by atoms with Gasteiger partial charge in [-0.05, 0) is 17.7 Å². The van der Waals surface area contributed by atoms with Crippen molar-refractivity contribution in [2.45, 2.75) is 13.0 Å². The summed E-state index contributed by atoms with van der Waals surface area (Å²) in [6.45, 7) is 0.736. The monoisotopic (exact) mass is 224 g/mol. The first-order chi connectivity index (χ1) is 7.67. The van der Waals surface area contributed by atoms with E-state index < -0.39 is 0 Å². The minimum Gasteiger partial charge on any atom is -0.504 e. The molecule has 88 valence electrons. The number of hydrogen-bond donors (Lipinski definition) is 3. The van der Waals surface area contributed by atoms with E-state index in [1.807, 2.05) is 0 Å². The molecule has 0 saturated heterocycles. The fourth-order valence-electron chi connectivity index (χ4n) is 1.25. The van der Waals surface area contributed by atoms with Crippen LogP contribution in [0.2, 0.25) is 0 Å². The van der Waals surface area contributed by atoms with Crippen molar-refractivity contribution >= 4 is 5.91 Å². The maximum atomic E-state index is 11.2. The zero-order valence-corrected chi connectivity index (χ0v) is 9.19. The first-order valence-electron chi connectivity index (χ1n) is 5.00. The molecule has 4 N–H and O–H groups in total. The molecular formula is C11H16N2O3. The average molecular weight is 224 g/mol. The molecule has 0 fully saturated rings. The Hall–Kier alpha value is -1.75. The quantitative estimate of drug-likeness (QED) is 0.674. The van der Waals surface area contributed by atoms with E-state index in [0.29, 0.717) is 25.3 Å². The predicted octanol–water partition coefficient (Wildman–Crippen LogP) is 0.366. The fourth-order valence-corrected chi connectivity index (χ4v) is 1.25. The molecule has 0 radical (unpaired) electrons. The molecule has 5 heteroatoms. The Bertz CT molecular complexity index is 366. The van der Waals surface area contributed by atoms with Crippen molar-refractivity contribution in [2.75, 3.05) is 13.7 Å². The van der Waals surface area contributed by atoms with Gasteiger partial charge < -0.3 is 20.9 Å². The van der Waals surface area contributed by atoms with E-state index in [2.05, 4.69) is 5.32 Å². The van der Waals surface area contributed by atoms with Crippen LogP contribution in [0.1, 0.15) is 12.0 Å². The second-order valence-electron chi connectivity index (χ2n) is 3.32. The van der Waals surface area contributed by atoms with Crippen molar-refractivity contribution < 1.29 is 14.6 Å². The number of methoxy groups -OCH3 is 1. The number of aromatic hydroxyl groups is 1. The maximum Gasteiger partial charge on any atom is 0.221 e. The van der Waals surface area contributed by atoms with Gasteiger partial charge >= 0.3 is 0 Å². The molecule has 1 aromatic carbocycles. The maximum absolute atomic E-state index is 11.2. The second-order valence-corrected chi connectivity index (χ2v) is 3.32. The van der Waals surface area contributed by atoms with Gasteiger partial charge in [0.25, 0.3) is 0 Å². The second kappa shape index (κ2) is 5.97. The third-order valence-corrected chi connectivity index (χ3v) is 2.11. The van der Waals surface area contributed by atoms with Gasteiger partial charge in [0.05, 0.1) is 7.11 Å². The topological polar surface area (TPSA) is 84.6 Å². The normalized spacial score (nSPS) is 9.88. The SMILES string of the molecule is COc1cc(CNC(=O)CCN)ccc1O. The minimum atomic E-state index is -0.0884. The summed E-state index contributed by atoms with van der Waals surface area (Å²) in [5, 5.41) is 12.1.